The van der Waals surface area contributed by atoms with Crippen LogP contribution in [-0.4, -0.2) is 5.97 Å². The first-order chi connectivity index (χ1) is 15.4. The molecule has 0 radical (unpaired) electrons. The van der Waals surface area contributed by atoms with Gasteiger partial charge in [0, 0.05) is 21.5 Å². The highest BCUT2D eigenvalue weighted by Crippen LogP contribution is 2.28. The van der Waals surface area contributed by atoms with Crippen LogP contribution in [0.2, 0.25) is 10.0 Å². The first-order valence-corrected chi connectivity index (χ1v) is 10.4. The lowest BCUT2D eigenvalue weighted by molar-refractivity contribution is 0.0704. The topological polar surface area (TPSA) is 69.7 Å². The molecular formula is C25H14Cl2O5. The third-order valence-corrected chi connectivity index (χ3v) is 5.55. The number of carbonyl (C=O) groups is 1. The van der Waals surface area contributed by atoms with Crippen molar-refractivity contribution in [2.45, 2.75) is 6.92 Å². The van der Waals surface area contributed by atoms with Crippen molar-refractivity contribution in [3.05, 3.63) is 98.5 Å². The van der Waals surface area contributed by atoms with Crippen LogP contribution in [0.4, 0.5) is 0 Å². The van der Waals surface area contributed by atoms with Gasteiger partial charge in [0.1, 0.15) is 22.7 Å². The highest BCUT2D eigenvalue weighted by atomic mass is 35.5. The molecule has 5 aromatic rings. The number of hydrogen-bond donors (Lipinski definition) is 0. The minimum atomic E-state index is -0.673. The van der Waals surface area contributed by atoms with Gasteiger partial charge in [0.05, 0.1) is 10.9 Å². The summed E-state index contributed by atoms with van der Waals surface area (Å²) in [6.45, 7) is 1.71. The summed E-state index contributed by atoms with van der Waals surface area (Å²) in [6.07, 6.45) is 0. The van der Waals surface area contributed by atoms with Crippen LogP contribution < -0.4 is 10.2 Å². The molecule has 0 aliphatic heterocycles. The average molecular weight is 465 g/mol. The summed E-state index contributed by atoms with van der Waals surface area (Å²) in [4.78, 5) is 25.6. The first-order valence-electron chi connectivity index (χ1n) is 9.64. The van der Waals surface area contributed by atoms with Gasteiger partial charge in [-0.3, -0.25) is 4.79 Å². The van der Waals surface area contributed by atoms with Crippen LogP contribution in [0.1, 0.15) is 16.3 Å². The average Bonchev–Trinajstić information content (AvgIpc) is 3.18. The van der Waals surface area contributed by atoms with Crippen molar-refractivity contribution in [3.8, 4) is 16.9 Å². The lowest BCUT2D eigenvalue weighted by atomic mass is 10.0. The largest absolute Gasteiger partial charge is 0.460 e. The summed E-state index contributed by atoms with van der Waals surface area (Å²) in [5.74, 6) is 0.0388. The molecular weight excluding hydrogens is 451 g/mol. The second kappa shape index (κ2) is 7.86. The number of ether oxygens (including phenoxy) is 1. The zero-order valence-corrected chi connectivity index (χ0v) is 18.2. The number of carbonyl (C=O) groups excluding carboxylic acids is 1. The Kier molecular flexibility index (Phi) is 5.00. The summed E-state index contributed by atoms with van der Waals surface area (Å²) < 4.78 is 16.9. The summed E-state index contributed by atoms with van der Waals surface area (Å²) in [5, 5.41) is 2.18. The van der Waals surface area contributed by atoms with E-state index in [1.165, 1.54) is 12.1 Å². The minimum Gasteiger partial charge on any atom is -0.460 e. The number of hydrogen-bond acceptors (Lipinski definition) is 5. The Morgan fingerprint density at radius 1 is 0.844 bits per heavy atom. The maximum Gasteiger partial charge on any atom is 0.379 e. The highest BCUT2D eigenvalue weighted by molar-refractivity contribution is 6.31. The van der Waals surface area contributed by atoms with Crippen LogP contribution in [0.3, 0.4) is 0 Å². The molecule has 0 aliphatic carbocycles. The second-order valence-electron chi connectivity index (χ2n) is 7.21. The fraction of sp³-hybridized carbons (Fsp3) is 0.0400. The monoisotopic (exact) mass is 464 g/mol. The number of aryl methyl sites for hydroxylation is 1. The molecule has 0 spiro atoms. The molecule has 5 rings (SSSR count). The van der Waals surface area contributed by atoms with E-state index in [-0.39, 0.29) is 16.9 Å². The Morgan fingerprint density at radius 2 is 1.59 bits per heavy atom. The molecule has 0 aliphatic rings. The van der Waals surface area contributed by atoms with Crippen LogP contribution in [0, 0.1) is 6.92 Å². The molecule has 0 unspecified atom stereocenters. The molecule has 2 heterocycles. The lowest BCUT2D eigenvalue weighted by Gasteiger charge is -2.08. The van der Waals surface area contributed by atoms with Crippen LogP contribution in [0.25, 0.3) is 33.1 Å². The van der Waals surface area contributed by atoms with Crippen molar-refractivity contribution in [2.24, 2.45) is 0 Å². The van der Waals surface area contributed by atoms with Gasteiger partial charge >= 0.3 is 5.97 Å². The lowest BCUT2D eigenvalue weighted by Crippen LogP contribution is -2.09. The van der Waals surface area contributed by atoms with E-state index in [0.29, 0.717) is 48.9 Å². The van der Waals surface area contributed by atoms with E-state index in [9.17, 15) is 9.59 Å². The Balaban J connectivity index is 1.49. The zero-order chi connectivity index (χ0) is 22.4. The van der Waals surface area contributed by atoms with Gasteiger partial charge in [0.15, 0.2) is 0 Å². The van der Waals surface area contributed by atoms with E-state index in [0.717, 1.165) is 0 Å². The van der Waals surface area contributed by atoms with E-state index < -0.39 is 5.97 Å². The van der Waals surface area contributed by atoms with Crippen molar-refractivity contribution >= 4 is 51.1 Å². The van der Waals surface area contributed by atoms with Crippen LogP contribution in [-0.2, 0) is 0 Å². The van der Waals surface area contributed by atoms with E-state index >= 15 is 0 Å². The van der Waals surface area contributed by atoms with Gasteiger partial charge in [-0.15, -0.1) is 0 Å². The number of esters is 1. The van der Waals surface area contributed by atoms with Crippen molar-refractivity contribution in [1.29, 1.82) is 0 Å². The normalized spacial score (nSPS) is 11.2. The predicted octanol–water partition coefficient (Wildman–Crippen LogP) is 7.04. The Hall–Kier alpha value is -3.54. The molecule has 0 saturated carbocycles. The molecule has 32 heavy (non-hydrogen) atoms. The molecule has 0 saturated heterocycles. The molecule has 3 aromatic carbocycles. The molecule has 158 valence electrons. The molecule has 0 N–H and O–H groups in total. The summed E-state index contributed by atoms with van der Waals surface area (Å²) in [5.41, 5.74) is 1.82. The minimum absolute atomic E-state index is 0.0399. The molecule has 2 aromatic heterocycles. The van der Waals surface area contributed by atoms with E-state index in [4.69, 9.17) is 36.8 Å². The summed E-state index contributed by atoms with van der Waals surface area (Å²) in [7, 11) is 0. The number of furan rings is 1. The van der Waals surface area contributed by atoms with Gasteiger partial charge in [0.25, 0.3) is 0 Å². The Labute approximate surface area is 191 Å². The number of rotatable bonds is 3. The molecule has 0 atom stereocenters. The Bertz CT molecular complexity index is 1560. The van der Waals surface area contributed by atoms with Gasteiger partial charge in [0.2, 0.25) is 11.2 Å². The maximum atomic E-state index is 13.1. The highest BCUT2D eigenvalue weighted by Gasteiger charge is 2.18. The number of halogens is 2. The van der Waals surface area contributed by atoms with Gasteiger partial charge in [-0.05, 0) is 61.0 Å². The number of benzene rings is 3. The van der Waals surface area contributed by atoms with Crippen molar-refractivity contribution < 1.29 is 18.4 Å². The Morgan fingerprint density at radius 3 is 2.38 bits per heavy atom. The quantitative estimate of drug-likeness (QED) is 0.211. The molecule has 7 heteroatoms. The van der Waals surface area contributed by atoms with Gasteiger partial charge in [-0.25, -0.2) is 4.79 Å². The van der Waals surface area contributed by atoms with Gasteiger partial charge in [-0.1, -0.05) is 35.3 Å². The van der Waals surface area contributed by atoms with E-state index in [1.807, 2.05) is 0 Å². The third-order valence-electron chi connectivity index (χ3n) is 5.06. The van der Waals surface area contributed by atoms with Gasteiger partial charge in [-0.2, -0.15) is 0 Å². The molecule has 0 bridgehead atoms. The van der Waals surface area contributed by atoms with E-state index in [1.54, 1.807) is 61.5 Å². The fourth-order valence-electron chi connectivity index (χ4n) is 3.57. The zero-order valence-electron chi connectivity index (χ0n) is 16.6. The van der Waals surface area contributed by atoms with Gasteiger partial charge < -0.3 is 13.6 Å². The van der Waals surface area contributed by atoms with Crippen LogP contribution in [0.15, 0.2) is 80.4 Å². The van der Waals surface area contributed by atoms with Crippen molar-refractivity contribution in [1.82, 2.24) is 0 Å². The summed E-state index contributed by atoms with van der Waals surface area (Å²) in [6, 6.07) is 18.2. The first kappa shape index (κ1) is 20.4. The predicted molar refractivity (Wildman–Crippen MR) is 124 cm³/mol. The SMILES string of the molecule is Cc1oc2cc(OC(=O)c3cc4cc(Cl)ccc4o3)ccc2c(=O)c1-c1ccc(Cl)cc1. The van der Waals surface area contributed by atoms with Crippen LogP contribution in [0.5, 0.6) is 5.75 Å². The van der Waals surface area contributed by atoms with Crippen molar-refractivity contribution in [2.75, 3.05) is 0 Å². The van der Waals surface area contributed by atoms with Crippen LogP contribution >= 0.6 is 23.2 Å². The third kappa shape index (κ3) is 3.66. The van der Waals surface area contributed by atoms with E-state index in [2.05, 4.69) is 0 Å². The number of fused-ring (bicyclic) bond motifs is 2. The van der Waals surface area contributed by atoms with Crippen molar-refractivity contribution in [3.63, 3.8) is 0 Å². The summed E-state index contributed by atoms with van der Waals surface area (Å²) >= 11 is 11.9. The smallest absolute Gasteiger partial charge is 0.379 e. The maximum absolute atomic E-state index is 13.1. The fourth-order valence-corrected chi connectivity index (χ4v) is 3.88. The second-order valence-corrected chi connectivity index (χ2v) is 8.08. The molecule has 0 amide bonds. The molecule has 0 fully saturated rings. The standard InChI is InChI=1S/C25H14Cl2O5/c1-13-23(14-2-4-16(26)5-3-14)24(28)19-8-7-18(12-21(19)30-13)31-25(29)22-11-15-10-17(27)6-9-20(15)32-22/h2-12H,1H3. The molecule has 5 nitrogen and oxygen atoms in total.